The van der Waals surface area contributed by atoms with Gasteiger partial charge in [0.05, 0.1) is 25.0 Å². The molecule has 5 heterocycles. The van der Waals surface area contributed by atoms with E-state index in [4.69, 9.17) is 9.47 Å². The van der Waals surface area contributed by atoms with Crippen LogP contribution in [0.25, 0.3) is 0 Å². The smallest absolute Gasteiger partial charge is 0.277 e. The summed E-state index contributed by atoms with van der Waals surface area (Å²) in [5, 5.41) is 3.92. The molecule has 7 rings (SSSR count). The molecule has 2 fully saturated rings. The second-order valence-electron chi connectivity index (χ2n) is 10.7. The Labute approximate surface area is 241 Å². The maximum absolute atomic E-state index is 15.4. The number of nitrogens with zero attached hydrogens (tertiary/aromatic N) is 4. The van der Waals surface area contributed by atoms with Crippen molar-refractivity contribution >= 4 is 29.7 Å². The van der Waals surface area contributed by atoms with E-state index in [0.717, 1.165) is 34.6 Å². The van der Waals surface area contributed by atoms with Crippen molar-refractivity contribution < 1.29 is 27.8 Å². The topological polar surface area (TPSA) is 74.7 Å². The number of benzene rings is 1. The second-order valence-corrected chi connectivity index (χ2v) is 11.8. The molecule has 8 nitrogen and oxygen atoms in total. The Kier molecular flexibility index (Phi) is 7.04. The van der Waals surface area contributed by atoms with Crippen molar-refractivity contribution in [2.45, 2.75) is 49.2 Å². The normalized spacial score (nSPS) is 26.8. The number of hydrogen-bond donors (Lipinski definition) is 0. The molecule has 2 atom stereocenters. The summed E-state index contributed by atoms with van der Waals surface area (Å²) in [6.45, 7) is 1.30. The van der Waals surface area contributed by atoms with Crippen molar-refractivity contribution in [3.05, 3.63) is 75.9 Å². The summed E-state index contributed by atoms with van der Waals surface area (Å²) >= 11 is 1.49. The SMILES string of the molecule is O=C1CCN2C(=C1OCC1=CCCC=N1)C(=O)N1CCOC[C@H]1N2[C@H]1C2=C(CSc3ccccc31)C(F)=C(F)CC2. The van der Waals surface area contributed by atoms with Gasteiger partial charge in [0.1, 0.15) is 18.6 Å². The molecule has 0 radical (unpaired) electrons. The highest BCUT2D eigenvalue weighted by atomic mass is 32.2. The Bertz CT molecular complexity index is 1470. The zero-order valence-electron chi connectivity index (χ0n) is 22.5. The molecule has 1 aromatic rings. The minimum Gasteiger partial charge on any atom is -0.481 e. The number of rotatable bonds is 4. The highest BCUT2D eigenvalue weighted by molar-refractivity contribution is 7.99. The van der Waals surface area contributed by atoms with Crippen molar-refractivity contribution in [2.24, 2.45) is 4.99 Å². The molecule has 2 saturated heterocycles. The molecule has 0 aromatic heterocycles. The van der Waals surface area contributed by atoms with Gasteiger partial charge in [-0.25, -0.2) is 8.78 Å². The first-order chi connectivity index (χ1) is 20.0. The van der Waals surface area contributed by atoms with Crippen molar-refractivity contribution in [2.75, 3.05) is 38.7 Å². The first-order valence-corrected chi connectivity index (χ1v) is 15.1. The Morgan fingerprint density at radius 2 is 1.98 bits per heavy atom. The second kappa shape index (κ2) is 10.8. The van der Waals surface area contributed by atoms with E-state index >= 15 is 4.39 Å². The number of carbonyl (C=O) groups excluding carboxylic acids is 2. The van der Waals surface area contributed by atoms with Crippen molar-refractivity contribution in [3.8, 4) is 0 Å². The Hall–Kier alpha value is -3.28. The summed E-state index contributed by atoms with van der Waals surface area (Å²) < 4.78 is 42.0. The van der Waals surface area contributed by atoms with Crippen LogP contribution in [0.15, 0.2) is 80.2 Å². The number of amides is 1. The minimum atomic E-state index is -0.781. The first kappa shape index (κ1) is 26.6. The maximum atomic E-state index is 15.4. The van der Waals surface area contributed by atoms with Crippen LogP contribution in [0.2, 0.25) is 0 Å². The quantitative estimate of drug-likeness (QED) is 0.509. The number of halogens is 2. The molecule has 6 aliphatic rings. The van der Waals surface area contributed by atoms with E-state index in [0.29, 0.717) is 30.9 Å². The van der Waals surface area contributed by atoms with Gasteiger partial charge in [-0.1, -0.05) is 24.3 Å². The predicted octanol–water partition coefficient (Wildman–Crippen LogP) is 4.74. The number of Topliss-reactive ketones (excluding diaryl/α,β-unsaturated/α-hetero) is 1. The minimum absolute atomic E-state index is 0.0170. The number of carbonyl (C=O) groups is 2. The third-order valence-electron chi connectivity index (χ3n) is 8.41. The van der Waals surface area contributed by atoms with Crippen molar-refractivity contribution in [1.29, 1.82) is 0 Å². The summed E-state index contributed by atoms with van der Waals surface area (Å²) in [7, 11) is 0. The van der Waals surface area contributed by atoms with E-state index in [1.54, 1.807) is 4.90 Å². The molecule has 214 valence electrons. The number of thioether (sulfide) groups is 1. The van der Waals surface area contributed by atoms with Gasteiger partial charge >= 0.3 is 0 Å². The largest absolute Gasteiger partial charge is 0.481 e. The lowest BCUT2D eigenvalue weighted by molar-refractivity contribution is -0.203. The molecule has 0 spiro atoms. The van der Waals surface area contributed by atoms with Crippen LogP contribution in [0, 0.1) is 0 Å². The molecule has 1 amide bonds. The van der Waals surface area contributed by atoms with E-state index in [1.165, 1.54) is 11.8 Å². The van der Waals surface area contributed by atoms with Crippen LogP contribution in [-0.2, 0) is 19.1 Å². The number of hydrazine groups is 1. The fourth-order valence-electron chi connectivity index (χ4n) is 6.47. The van der Waals surface area contributed by atoms with E-state index in [2.05, 4.69) is 10.0 Å². The van der Waals surface area contributed by atoms with Crippen molar-refractivity contribution in [3.63, 3.8) is 0 Å². The highest BCUT2D eigenvalue weighted by Crippen LogP contribution is 2.50. The molecule has 1 aromatic carbocycles. The predicted molar refractivity (Wildman–Crippen MR) is 149 cm³/mol. The summed E-state index contributed by atoms with van der Waals surface area (Å²) in [6.07, 6.45) is 5.49. The zero-order valence-corrected chi connectivity index (χ0v) is 23.3. The number of allylic oxidation sites excluding steroid dienone is 4. The molecule has 0 bridgehead atoms. The molecule has 5 aliphatic heterocycles. The van der Waals surface area contributed by atoms with Crippen LogP contribution in [0.5, 0.6) is 0 Å². The Morgan fingerprint density at radius 1 is 1.10 bits per heavy atom. The van der Waals surface area contributed by atoms with Gasteiger partial charge in [-0.3, -0.25) is 19.6 Å². The molecule has 11 heteroatoms. The van der Waals surface area contributed by atoms with Crippen LogP contribution in [0.1, 0.15) is 43.7 Å². The number of ketones is 1. The lowest BCUT2D eigenvalue weighted by atomic mass is 9.86. The lowest BCUT2D eigenvalue weighted by Gasteiger charge is -2.56. The fourth-order valence-corrected chi connectivity index (χ4v) is 7.60. The number of aliphatic imine (C=N–C) groups is 1. The molecule has 1 aliphatic carbocycles. The summed E-state index contributed by atoms with van der Waals surface area (Å²) in [6, 6.07) is 7.41. The standard InChI is InChI=1S/C30H30F2N4O4S/c31-22-9-8-19-21(26(22)32)17-41-24-7-2-1-6-20(24)27(19)36-25-16-39-14-13-34(25)30(38)28-29(23(37)10-12-35(28)36)40-15-18-5-3-4-11-33-18/h1-2,5-7,11,25,27H,3-4,8-10,12-17H2/t25-,27+/m1/s1. The van der Waals surface area contributed by atoms with Gasteiger partial charge in [-0.15, -0.1) is 11.8 Å². The van der Waals surface area contributed by atoms with E-state index in [1.807, 2.05) is 41.6 Å². The summed E-state index contributed by atoms with van der Waals surface area (Å²) in [5.41, 5.74) is 3.03. The van der Waals surface area contributed by atoms with Gasteiger partial charge < -0.3 is 14.4 Å². The number of ether oxygens (including phenoxy) is 2. The molecular weight excluding hydrogens is 550 g/mol. The van der Waals surface area contributed by atoms with Crippen LogP contribution < -0.4 is 0 Å². The van der Waals surface area contributed by atoms with E-state index in [-0.39, 0.29) is 55.7 Å². The number of hydrogen-bond acceptors (Lipinski definition) is 8. The highest BCUT2D eigenvalue weighted by Gasteiger charge is 2.52. The third kappa shape index (κ3) is 4.54. The zero-order chi connectivity index (χ0) is 28.1. The third-order valence-corrected chi connectivity index (χ3v) is 9.53. The van der Waals surface area contributed by atoms with Crippen molar-refractivity contribution in [1.82, 2.24) is 14.9 Å². The average Bonchev–Trinajstić information content (AvgIpc) is 3.17. The Morgan fingerprint density at radius 3 is 2.83 bits per heavy atom. The molecular formula is C30H30F2N4O4S. The van der Waals surface area contributed by atoms with Crippen LogP contribution in [0.3, 0.4) is 0 Å². The molecule has 0 N–H and O–H groups in total. The fraction of sp³-hybridized carbons (Fsp3) is 0.433. The molecule has 0 saturated carbocycles. The van der Waals surface area contributed by atoms with Crippen LogP contribution in [0.4, 0.5) is 8.78 Å². The first-order valence-electron chi connectivity index (χ1n) is 14.1. The summed E-state index contributed by atoms with van der Waals surface area (Å²) in [4.78, 5) is 34.4. The lowest BCUT2D eigenvalue weighted by Crippen LogP contribution is -2.69. The monoisotopic (exact) mass is 580 g/mol. The van der Waals surface area contributed by atoms with Gasteiger partial charge in [-0.05, 0) is 36.5 Å². The number of fused-ring (bicyclic) bond motifs is 3. The van der Waals surface area contributed by atoms with Crippen LogP contribution in [-0.4, -0.2) is 77.7 Å². The molecule has 41 heavy (non-hydrogen) atoms. The summed E-state index contributed by atoms with van der Waals surface area (Å²) in [5.74, 6) is -1.68. The van der Waals surface area contributed by atoms with Gasteiger partial charge in [0, 0.05) is 48.4 Å². The number of morpholine rings is 1. The van der Waals surface area contributed by atoms with E-state index < -0.39 is 23.9 Å². The van der Waals surface area contributed by atoms with Gasteiger partial charge in [0.25, 0.3) is 5.91 Å². The van der Waals surface area contributed by atoms with Crippen LogP contribution >= 0.6 is 11.8 Å². The average molecular weight is 581 g/mol. The molecule has 0 unspecified atom stereocenters. The van der Waals surface area contributed by atoms with Gasteiger partial charge in [0.15, 0.2) is 17.3 Å². The van der Waals surface area contributed by atoms with Gasteiger partial charge in [0.2, 0.25) is 5.78 Å². The Balaban J connectivity index is 1.39. The maximum Gasteiger partial charge on any atom is 0.277 e. The van der Waals surface area contributed by atoms with E-state index in [9.17, 15) is 14.0 Å². The van der Waals surface area contributed by atoms with Gasteiger partial charge in [-0.2, -0.15) is 5.01 Å².